The maximum absolute atomic E-state index is 12.5. The third kappa shape index (κ3) is 4.21. The van der Waals surface area contributed by atoms with Gasteiger partial charge in [0.25, 0.3) is 11.8 Å². The second-order valence-corrected chi connectivity index (χ2v) is 6.69. The number of rotatable bonds is 4. The number of anilines is 2. The number of benzene rings is 2. The summed E-state index contributed by atoms with van der Waals surface area (Å²) in [5.74, 6) is -0.446. The van der Waals surface area contributed by atoms with Crippen LogP contribution in [0.2, 0.25) is 0 Å². The first-order valence-corrected chi connectivity index (χ1v) is 8.77. The molecule has 0 unspecified atom stereocenters. The van der Waals surface area contributed by atoms with Crippen molar-refractivity contribution < 1.29 is 14.0 Å². The molecule has 0 atom stereocenters. The number of furan rings is 1. The van der Waals surface area contributed by atoms with Crippen molar-refractivity contribution in [3.8, 4) is 0 Å². The van der Waals surface area contributed by atoms with Crippen LogP contribution in [0.25, 0.3) is 0 Å². The summed E-state index contributed by atoms with van der Waals surface area (Å²) in [6.07, 6.45) is 0. The smallest absolute Gasteiger partial charge is 0.291 e. The third-order valence-corrected chi connectivity index (χ3v) is 4.24. The average molecular weight is 413 g/mol. The molecule has 3 aromatic rings. The molecule has 3 rings (SSSR count). The normalized spacial score (nSPS) is 10.4. The Morgan fingerprint density at radius 3 is 2.42 bits per heavy atom. The van der Waals surface area contributed by atoms with Crippen LogP contribution in [0.3, 0.4) is 0 Å². The van der Waals surface area contributed by atoms with E-state index in [1.165, 1.54) is 0 Å². The fourth-order valence-electron chi connectivity index (χ4n) is 2.52. The lowest BCUT2D eigenvalue weighted by atomic mass is 10.1. The Balaban J connectivity index is 1.74. The van der Waals surface area contributed by atoms with Crippen LogP contribution in [0.4, 0.5) is 11.4 Å². The molecule has 0 aliphatic rings. The lowest BCUT2D eigenvalue weighted by molar-refractivity contribution is 0.0992. The molecule has 0 fully saturated rings. The van der Waals surface area contributed by atoms with Crippen molar-refractivity contribution in [3.05, 3.63) is 81.7 Å². The van der Waals surface area contributed by atoms with Crippen molar-refractivity contribution in [2.45, 2.75) is 13.8 Å². The first-order chi connectivity index (χ1) is 12.4. The maximum Gasteiger partial charge on any atom is 0.291 e. The van der Waals surface area contributed by atoms with Crippen LogP contribution in [-0.2, 0) is 0 Å². The van der Waals surface area contributed by atoms with Gasteiger partial charge in [0.2, 0.25) is 0 Å². The SMILES string of the molecule is Cc1ccc(NC(=O)c2cccc(NC(=O)c3ccc(Br)o3)c2)c(C)c1. The highest BCUT2D eigenvalue weighted by atomic mass is 79.9. The quantitative estimate of drug-likeness (QED) is 0.621. The number of aryl methyl sites for hydroxylation is 2. The molecule has 0 saturated carbocycles. The predicted molar refractivity (Wildman–Crippen MR) is 105 cm³/mol. The molecular formula is C20H17BrN2O3. The minimum atomic E-state index is -0.386. The van der Waals surface area contributed by atoms with Crippen LogP contribution >= 0.6 is 15.9 Å². The Kier molecular flexibility index (Phi) is 5.23. The molecule has 1 heterocycles. The van der Waals surface area contributed by atoms with Gasteiger partial charge in [0, 0.05) is 16.9 Å². The molecule has 6 heteroatoms. The number of nitrogens with one attached hydrogen (secondary N) is 2. The minimum absolute atomic E-state index is 0.182. The van der Waals surface area contributed by atoms with Gasteiger partial charge in [0.15, 0.2) is 10.4 Å². The van der Waals surface area contributed by atoms with Crippen molar-refractivity contribution in [2.75, 3.05) is 10.6 Å². The van der Waals surface area contributed by atoms with E-state index in [1.54, 1.807) is 36.4 Å². The van der Waals surface area contributed by atoms with Gasteiger partial charge in [-0.05, 0) is 71.7 Å². The highest BCUT2D eigenvalue weighted by molar-refractivity contribution is 9.10. The Morgan fingerprint density at radius 1 is 0.923 bits per heavy atom. The van der Waals surface area contributed by atoms with Gasteiger partial charge >= 0.3 is 0 Å². The van der Waals surface area contributed by atoms with Crippen LogP contribution in [0, 0.1) is 13.8 Å². The van der Waals surface area contributed by atoms with E-state index in [9.17, 15) is 9.59 Å². The Bertz CT molecular complexity index is 979. The zero-order chi connectivity index (χ0) is 18.7. The van der Waals surface area contributed by atoms with E-state index in [-0.39, 0.29) is 17.6 Å². The van der Waals surface area contributed by atoms with E-state index in [0.717, 1.165) is 16.8 Å². The largest absolute Gasteiger partial charge is 0.444 e. The molecule has 1 aromatic heterocycles. The summed E-state index contributed by atoms with van der Waals surface area (Å²) in [6.45, 7) is 3.95. The molecule has 5 nitrogen and oxygen atoms in total. The van der Waals surface area contributed by atoms with E-state index < -0.39 is 0 Å². The Hall–Kier alpha value is -2.86. The van der Waals surface area contributed by atoms with Gasteiger partial charge in [-0.25, -0.2) is 0 Å². The summed E-state index contributed by atoms with van der Waals surface area (Å²) >= 11 is 3.16. The second-order valence-electron chi connectivity index (χ2n) is 5.91. The van der Waals surface area contributed by atoms with Crippen molar-refractivity contribution in [1.82, 2.24) is 0 Å². The first-order valence-electron chi connectivity index (χ1n) is 7.98. The molecule has 2 aromatic carbocycles. The third-order valence-electron chi connectivity index (χ3n) is 3.81. The van der Waals surface area contributed by atoms with E-state index in [2.05, 4.69) is 26.6 Å². The van der Waals surface area contributed by atoms with Crippen LogP contribution in [0.15, 0.2) is 63.7 Å². The number of hydrogen-bond donors (Lipinski definition) is 2. The summed E-state index contributed by atoms with van der Waals surface area (Å²) in [5, 5.41) is 5.61. The molecule has 2 N–H and O–H groups in total. The van der Waals surface area contributed by atoms with Crippen molar-refractivity contribution in [2.24, 2.45) is 0 Å². The zero-order valence-corrected chi connectivity index (χ0v) is 15.9. The molecular weight excluding hydrogens is 396 g/mol. The molecule has 0 saturated heterocycles. The maximum atomic E-state index is 12.5. The standard InChI is InChI=1S/C20H17BrN2O3/c1-12-6-7-16(13(2)10-12)23-19(24)14-4-3-5-15(11-14)22-20(25)17-8-9-18(21)26-17/h3-11H,1-2H3,(H,22,25)(H,23,24). The number of hydrogen-bond acceptors (Lipinski definition) is 3. The molecule has 0 bridgehead atoms. The van der Waals surface area contributed by atoms with Gasteiger partial charge < -0.3 is 15.1 Å². The number of carbonyl (C=O) groups is 2. The molecule has 0 aliphatic heterocycles. The zero-order valence-electron chi connectivity index (χ0n) is 14.3. The predicted octanol–water partition coefficient (Wildman–Crippen LogP) is 5.16. The molecule has 0 aliphatic carbocycles. The molecule has 132 valence electrons. The van der Waals surface area contributed by atoms with Crippen LogP contribution in [0.5, 0.6) is 0 Å². The van der Waals surface area contributed by atoms with E-state index in [4.69, 9.17) is 4.42 Å². The van der Waals surface area contributed by atoms with E-state index in [0.29, 0.717) is 15.9 Å². The van der Waals surface area contributed by atoms with Crippen LogP contribution in [0.1, 0.15) is 32.0 Å². The fourth-order valence-corrected chi connectivity index (χ4v) is 2.82. The molecule has 26 heavy (non-hydrogen) atoms. The molecule has 0 spiro atoms. The van der Waals surface area contributed by atoms with Crippen molar-refractivity contribution >= 4 is 39.1 Å². The summed E-state index contributed by atoms with van der Waals surface area (Å²) in [6, 6.07) is 15.8. The summed E-state index contributed by atoms with van der Waals surface area (Å²) in [5.41, 5.74) is 3.84. The summed E-state index contributed by atoms with van der Waals surface area (Å²) < 4.78 is 5.70. The average Bonchev–Trinajstić information content (AvgIpc) is 3.04. The van der Waals surface area contributed by atoms with Crippen LogP contribution < -0.4 is 10.6 Å². The topological polar surface area (TPSA) is 71.3 Å². The van der Waals surface area contributed by atoms with Crippen molar-refractivity contribution in [3.63, 3.8) is 0 Å². The fraction of sp³-hybridized carbons (Fsp3) is 0.100. The minimum Gasteiger partial charge on any atom is -0.444 e. The Morgan fingerprint density at radius 2 is 1.73 bits per heavy atom. The number of halogens is 1. The summed E-state index contributed by atoms with van der Waals surface area (Å²) in [7, 11) is 0. The number of amides is 2. The lowest BCUT2D eigenvalue weighted by Gasteiger charge is -2.10. The highest BCUT2D eigenvalue weighted by Crippen LogP contribution is 2.19. The van der Waals surface area contributed by atoms with E-state index >= 15 is 0 Å². The van der Waals surface area contributed by atoms with Crippen LogP contribution in [-0.4, -0.2) is 11.8 Å². The molecule has 0 radical (unpaired) electrons. The van der Waals surface area contributed by atoms with Gasteiger partial charge in [-0.15, -0.1) is 0 Å². The monoisotopic (exact) mass is 412 g/mol. The first kappa shape index (κ1) is 17.9. The lowest BCUT2D eigenvalue weighted by Crippen LogP contribution is -2.14. The summed E-state index contributed by atoms with van der Waals surface area (Å²) in [4.78, 5) is 24.7. The number of carbonyl (C=O) groups excluding carboxylic acids is 2. The van der Waals surface area contributed by atoms with Gasteiger partial charge in [0.1, 0.15) is 0 Å². The van der Waals surface area contributed by atoms with Gasteiger partial charge in [-0.1, -0.05) is 23.8 Å². The van der Waals surface area contributed by atoms with Gasteiger partial charge in [-0.2, -0.15) is 0 Å². The van der Waals surface area contributed by atoms with Crippen molar-refractivity contribution in [1.29, 1.82) is 0 Å². The Labute approximate surface area is 159 Å². The van der Waals surface area contributed by atoms with E-state index in [1.807, 2.05) is 32.0 Å². The molecule has 2 amide bonds. The van der Waals surface area contributed by atoms with Gasteiger partial charge in [0.05, 0.1) is 0 Å². The van der Waals surface area contributed by atoms with Gasteiger partial charge in [-0.3, -0.25) is 9.59 Å². The second kappa shape index (κ2) is 7.58. The highest BCUT2D eigenvalue weighted by Gasteiger charge is 2.13.